The van der Waals surface area contributed by atoms with Crippen LogP contribution in [-0.4, -0.2) is 30.1 Å². The van der Waals surface area contributed by atoms with E-state index in [4.69, 9.17) is 9.47 Å². The lowest BCUT2D eigenvalue weighted by Gasteiger charge is -2.15. The summed E-state index contributed by atoms with van der Waals surface area (Å²) in [6.07, 6.45) is -1.66. The third-order valence-electron chi connectivity index (χ3n) is 4.81. The van der Waals surface area contributed by atoms with Gasteiger partial charge in [-0.05, 0) is 49.7 Å². The van der Waals surface area contributed by atoms with Gasteiger partial charge >= 0.3 is 18.1 Å². The molecule has 0 spiro atoms. The molecule has 0 unspecified atom stereocenters. The summed E-state index contributed by atoms with van der Waals surface area (Å²) in [5.41, 5.74) is 0.423. The molecule has 0 bridgehead atoms. The Morgan fingerprint density at radius 3 is 2.36 bits per heavy atom. The van der Waals surface area contributed by atoms with Gasteiger partial charge in [0.2, 0.25) is 0 Å². The molecule has 174 valence electrons. The number of halogens is 3. The van der Waals surface area contributed by atoms with E-state index >= 15 is 0 Å². The lowest BCUT2D eigenvalue weighted by atomic mass is 10.1. The number of pyridine rings is 1. The van der Waals surface area contributed by atoms with Gasteiger partial charge in [-0.1, -0.05) is 19.4 Å². The molecule has 0 aliphatic rings. The highest BCUT2D eigenvalue weighted by Gasteiger charge is 2.31. The number of fused-ring (bicyclic) bond motifs is 1. The number of ether oxygens (including phenoxy) is 2. The average Bonchev–Trinajstić information content (AvgIpc) is 2.79. The van der Waals surface area contributed by atoms with Crippen molar-refractivity contribution in [1.29, 1.82) is 0 Å². The third-order valence-corrected chi connectivity index (χ3v) is 4.81. The number of hydrogen-bond donors (Lipinski definition) is 1. The normalized spacial score (nSPS) is 11.3. The summed E-state index contributed by atoms with van der Waals surface area (Å²) in [6.45, 7) is 4.10. The number of nitrogens with one attached hydrogen (secondary N) is 1. The van der Waals surface area contributed by atoms with Crippen LogP contribution in [0.25, 0.3) is 10.9 Å². The van der Waals surface area contributed by atoms with E-state index in [1.54, 1.807) is 31.2 Å². The summed E-state index contributed by atoms with van der Waals surface area (Å²) in [5.74, 6) is -1.11. The molecule has 0 atom stereocenters. The average molecular weight is 460 g/mol. The number of rotatable bonds is 8. The third kappa shape index (κ3) is 5.79. The second kappa shape index (κ2) is 10.3. The van der Waals surface area contributed by atoms with Gasteiger partial charge in [-0.25, -0.2) is 9.59 Å². The topological polar surface area (TPSA) is 77.5 Å². The number of benzene rings is 2. The van der Waals surface area contributed by atoms with Crippen LogP contribution in [0.4, 0.5) is 24.5 Å². The van der Waals surface area contributed by atoms with E-state index in [9.17, 15) is 22.8 Å². The van der Waals surface area contributed by atoms with Gasteiger partial charge < -0.3 is 14.8 Å². The molecule has 0 aliphatic heterocycles. The SMILES string of the molecule is CCCCOC(=O)c1ccc(Nc2c(C(=O)OCC)cnc3cc(C(F)(F)F)ccc23)cc1. The fourth-order valence-electron chi connectivity index (χ4n) is 3.09. The fraction of sp³-hybridized carbons (Fsp3) is 0.292. The van der Waals surface area contributed by atoms with E-state index in [0.717, 1.165) is 25.0 Å². The smallest absolute Gasteiger partial charge is 0.416 e. The zero-order valence-electron chi connectivity index (χ0n) is 18.2. The first kappa shape index (κ1) is 24.0. The summed E-state index contributed by atoms with van der Waals surface area (Å²) in [7, 11) is 0. The first-order chi connectivity index (χ1) is 15.7. The molecule has 1 heterocycles. The van der Waals surface area contributed by atoms with Crippen molar-refractivity contribution in [3.63, 3.8) is 0 Å². The maximum Gasteiger partial charge on any atom is 0.416 e. The van der Waals surface area contributed by atoms with E-state index in [2.05, 4.69) is 10.3 Å². The Morgan fingerprint density at radius 1 is 1.00 bits per heavy atom. The summed E-state index contributed by atoms with van der Waals surface area (Å²) in [4.78, 5) is 28.6. The Kier molecular flexibility index (Phi) is 7.52. The quantitative estimate of drug-likeness (QED) is 0.322. The molecule has 0 saturated carbocycles. The summed E-state index contributed by atoms with van der Waals surface area (Å²) < 4.78 is 49.6. The number of carbonyl (C=O) groups excluding carboxylic acids is 2. The largest absolute Gasteiger partial charge is 0.462 e. The number of nitrogens with zero attached hydrogens (tertiary/aromatic N) is 1. The molecule has 1 aromatic heterocycles. The van der Waals surface area contributed by atoms with Crippen LogP contribution in [0.1, 0.15) is 53.0 Å². The van der Waals surface area contributed by atoms with Gasteiger partial charge in [0.1, 0.15) is 5.56 Å². The van der Waals surface area contributed by atoms with Crippen molar-refractivity contribution in [2.45, 2.75) is 32.9 Å². The van der Waals surface area contributed by atoms with Crippen LogP contribution in [-0.2, 0) is 15.7 Å². The number of alkyl halides is 3. The molecule has 0 aliphatic carbocycles. The Morgan fingerprint density at radius 2 is 1.73 bits per heavy atom. The fourth-order valence-corrected chi connectivity index (χ4v) is 3.09. The maximum absolute atomic E-state index is 13.1. The second-order valence-corrected chi connectivity index (χ2v) is 7.19. The molecule has 9 heteroatoms. The molecule has 3 rings (SSSR count). The van der Waals surface area contributed by atoms with Gasteiger partial charge in [0.05, 0.1) is 35.5 Å². The first-order valence-corrected chi connectivity index (χ1v) is 10.5. The van der Waals surface area contributed by atoms with Crippen molar-refractivity contribution >= 4 is 34.2 Å². The minimum atomic E-state index is -4.52. The number of unbranched alkanes of at least 4 members (excludes halogenated alkanes) is 1. The van der Waals surface area contributed by atoms with Crippen molar-refractivity contribution in [3.05, 3.63) is 65.4 Å². The van der Waals surface area contributed by atoms with Gasteiger partial charge in [-0.2, -0.15) is 13.2 Å². The van der Waals surface area contributed by atoms with Crippen LogP contribution in [0.15, 0.2) is 48.7 Å². The van der Waals surface area contributed by atoms with Gasteiger partial charge in [0, 0.05) is 17.3 Å². The number of esters is 2. The lowest BCUT2D eigenvalue weighted by Crippen LogP contribution is -2.10. The van der Waals surface area contributed by atoms with E-state index in [1.165, 1.54) is 12.3 Å². The van der Waals surface area contributed by atoms with Crippen molar-refractivity contribution in [3.8, 4) is 0 Å². The van der Waals surface area contributed by atoms with Crippen molar-refractivity contribution in [2.24, 2.45) is 0 Å². The van der Waals surface area contributed by atoms with Gasteiger partial charge in [0.25, 0.3) is 0 Å². The summed E-state index contributed by atoms with van der Waals surface area (Å²) in [6, 6.07) is 9.46. The van der Waals surface area contributed by atoms with E-state index in [-0.39, 0.29) is 23.4 Å². The van der Waals surface area contributed by atoms with E-state index in [1.807, 2.05) is 6.92 Å². The van der Waals surface area contributed by atoms with Crippen LogP contribution in [0.3, 0.4) is 0 Å². The lowest BCUT2D eigenvalue weighted by molar-refractivity contribution is -0.137. The first-order valence-electron chi connectivity index (χ1n) is 10.5. The Bertz CT molecular complexity index is 1140. The minimum Gasteiger partial charge on any atom is -0.462 e. The highest BCUT2D eigenvalue weighted by molar-refractivity contribution is 6.06. The highest BCUT2D eigenvalue weighted by atomic mass is 19.4. The monoisotopic (exact) mass is 460 g/mol. The molecule has 0 saturated heterocycles. The molecule has 1 N–H and O–H groups in total. The molecule has 0 fully saturated rings. The standard InChI is InChI=1S/C24H23F3N2O4/c1-3-5-12-33-22(30)15-6-9-17(10-7-15)29-21-18-11-8-16(24(25,26)27)13-20(18)28-14-19(21)23(31)32-4-2/h6-11,13-14H,3-5,12H2,1-2H3,(H,28,29). The maximum atomic E-state index is 13.1. The zero-order valence-corrected chi connectivity index (χ0v) is 18.2. The zero-order chi connectivity index (χ0) is 24.0. The molecule has 0 radical (unpaired) electrons. The van der Waals surface area contributed by atoms with Crippen LogP contribution < -0.4 is 5.32 Å². The number of aromatic nitrogens is 1. The Balaban J connectivity index is 1.96. The summed E-state index contributed by atoms with van der Waals surface area (Å²) >= 11 is 0. The van der Waals surface area contributed by atoms with Crippen LogP contribution in [0.5, 0.6) is 0 Å². The van der Waals surface area contributed by atoms with Crippen LogP contribution in [0.2, 0.25) is 0 Å². The van der Waals surface area contributed by atoms with E-state index < -0.39 is 23.7 Å². The Labute approximate surface area is 188 Å². The highest BCUT2D eigenvalue weighted by Crippen LogP contribution is 2.35. The molecule has 33 heavy (non-hydrogen) atoms. The van der Waals surface area contributed by atoms with Crippen LogP contribution in [0, 0.1) is 0 Å². The van der Waals surface area contributed by atoms with Gasteiger partial charge in [0.15, 0.2) is 0 Å². The van der Waals surface area contributed by atoms with Crippen molar-refractivity contribution in [1.82, 2.24) is 4.98 Å². The predicted octanol–water partition coefficient (Wildman–Crippen LogP) is 6.13. The van der Waals surface area contributed by atoms with Crippen LogP contribution >= 0.6 is 0 Å². The van der Waals surface area contributed by atoms with Crippen molar-refractivity contribution < 1.29 is 32.2 Å². The van der Waals surface area contributed by atoms with E-state index in [0.29, 0.717) is 23.2 Å². The molecular formula is C24H23F3N2O4. The molecule has 0 amide bonds. The number of anilines is 2. The van der Waals surface area contributed by atoms with Gasteiger partial charge in [-0.3, -0.25) is 4.98 Å². The molecule has 2 aromatic carbocycles. The number of hydrogen-bond acceptors (Lipinski definition) is 6. The minimum absolute atomic E-state index is 0.0662. The number of carbonyl (C=O) groups is 2. The van der Waals surface area contributed by atoms with Gasteiger partial charge in [-0.15, -0.1) is 0 Å². The predicted molar refractivity (Wildman–Crippen MR) is 118 cm³/mol. The Hall–Kier alpha value is -3.62. The molecule has 3 aromatic rings. The summed E-state index contributed by atoms with van der Waals surface area (Å²) in [5, 5.41) is 3.37. The van der Waals surface area contributed by atoms with Crippen molar-refractivity contribution in [2.75, 3.05) is 18.5 Å². The molecule has 6 nitrogen and oxygen atoms in total. The molecular weight excluding hydrogens is 437 g/mol. The second-order valence-electron chi connectivity index (χ2n) is 7.19.